The van der Waals surface area contributed by atoms with Gasteiger partial charge in [-0.25, -0.2) is 0 Å². The lowest BCUT2D eigenvalue weighted by Crippen LogP contribution is -2.47. The molecule has 3 aromatic rings. The van der Waals surface area contributed by atoms with Crippen molar-refractivity contribution in [2.24, 2.45) is 0 Å². The van der Waals surface area contributed by atoms with Crippen molar-refractivity contribution >= 4 is 33.4 Å². The van der Waals surface area contributed by atoms with Gasteiger partial charge in [0.15, 0.2) is 0 Å². The maximum Gasteiger partial charge on any atom is 0.262 e. The van der Waals surface area contributed by atoms with Gasteiger partial charge in [-0.3, -0.25) is 14.5 Å². The predicted molar refractivity (Wildman–Crippen MR) is 97.2 cm³/mol. The van der Waals surface area contributed by atoms with Crippen LogP contribution in [0.5, 0.6) is 0 Å². The third kappa shape index (κ3) is 2.49. The summed E-state index contributed by atoms with van der Waals surface area (Å²) in [5.74, 6) is -0.647. The first-order valence-corrected chi connectivity index (χ1v) is 8.21. The topological polar surface area (TPSA) is 60.4 Å². The van der Waals surface area contributed by atoms with E-state index in [0.29, 0.717) is 16.5 Å². The molecule has 1 aliphatic rings. The summed E-state index contributed by atoms with van der Waals surface area (Å²) in [7, 11) is 3.01. The van der Waals surface area contributed by atoms with Crippen molar-refractivity contribution in [1.29, 1.82) is 0 Å². The van der Waals surface area contributed by atoms with E-state index < -0.39 is 4.65 Å². The smallest absolute Gasteiger partial charge is 0.262 e. The van der Waals surface area contributed by atoms with E-state index >= 15 is 0 Å². The third-order valence-corrected chi connectivity index (χ3v) is 4.68. The van der Waals surface area contributed by atoms with Gasteiger partial charge in [0, 0.05) is 10.9 Å². The Balaban J connectivity index is 1.97. The molecule has 5 nitrogen and oxygen atoms in total. The molecule has 0 spiro atoms. The van der Waals surface area contributed by atoms with E-state index in [2.05, 4.69) is 0 Å². The van der Waals surface area contributed by atoms with Gasteiger partial charge in [0.05, 0.1) is 32.7 Å². The van der Waals surface area contributed by atoms with Crippen LogP contribution in [0.2, 0.25) is 0 Å². The maximum atomic E-state index is 13.1. The zero-order valence-electron chi connectivity index (χ0n) is 14.2. The first-order valence-electron chi connectivity index (χ1n) is 8.21. The molecule has 5 heteroatoms. The van der Waals surface area contributed by atoms with Gasteiger partial charge < -0.3 is 9.85 Å². The molecule has 0 unspecified atom stereocenters. The zero-order valence-corrected chi connectivity index (χ0v) is 14.2. The molecule has 0 radical (unpaired) electrons. The van der Waals surface area contributed by atoms with Crippen LogP contribution in [0, 0.1) is 5.21 Å². The van der Waals surface area contributed by atoms with Gasteiger partial charge in [-0.2, -0.15) is 0 Å². The SMILES string of the molecule is C[N+](C)([O-])CCN1C(=O)c2cccc3cc4ccccc4c(c23)C1=O. The summed E-state index contributed by atoms with van der Waals surface area (Å²) in [5, 5.41) is 15.3. The number of nitrogens with zero attached hydrogens (tertiary/aromatic N) is 2. The van der Waals surface area contributed by atoms with Gasteiger partial charge in [0.2, 0.25) is 0 Å². The number of imide groups is 1. The summed E-state index contributed by atoms with van der Waals surface area (Å²) >= 11 is 0. The number of hydrogen-bond donors (Lipinski definition) is 0. The number of rotatable bonds is 3. The summed E-state index contributed by atoms with van der Waals surface area (Å²) in [6.45, 7) is 0.265. The maximum absolute atomic E-state index is 13.1. The van der Waals surface area contributed by atoms with Crippen molar-refractivity contribution in [3.63, 3.8) is 0 Å². The first kappa shape index (κ1) is 15.7. The quantitative estimate of drug-likeness (QED) is 0.320. The van der Waals surface area contributed by atoms with E-state index in [4.69, 9.17) is 0 Å². The molecule has 126 valence electrons. The van der Waals surface area contributed by atoms with Crippen LogP contribution in [-0.2, 0) is 0 Å². The Morgan fingerprint density at radius 1 is 0.960 bits per heavy atom. The molecule has 2 amide bonds. The molecule has 0 aliphatic carbocycles. The molecule has 3 aromatic carbocycles. The van der Waals surface area contributed by atoms with Crippen molar-refractivity contribution in [3.8, 4) is 0 Å². The number of benzene rings is 3. The Hall–Kier alpha value is -2.76. The highest BCUT2D eigenvalue weighted by Crippen LogP contribution is 2.35. The summed E-state index contributed by atoms with van der Waals surface area (Å²) in [6, 6.07) is 15.2. The predicted octanol–water partition coefficient (Wildman–Crippen LogP) is 3.16. The molecular formula is C20H18N2O3. The monoisotopic (exact) mass is 334 g/mol. The van der Waals surface area contributed by atoms with E-state index in [1.54, 1.807) is 6.07 Å². The second kappa shape index (κ2) is 5.37. The number of hydrogen-bond acceptors (Lipinski definition) is 3. The first-order chi connectivity index (χ1) is 11.9. The van der Waals surface area contributed by atoms with Crippen molar-refractivity contribution in [1.82, 2.24) is 4.90 Å². The van der Waals surface area contributed by atoms with E-state index in [0.717, 1.165) is 16.2 Å². The average molecular weight is 334 g/mol. The second-order valence-corrected chi connectivity index (χ2v) is 6.94. The van der Waals surface area contributed by atoms with E-state index in [-0.39, 0.29) is 24.9 Å². The van der Waals surface area contributed by atoms with Crippen LogP contribution >= 0.6 is 0 Å². The van der Waals surface area contributed by atoms with E-state index in [1.807, 2.05) is 42.5 Å². The van der Waals surface area contributed by atoms with Gasteiger partial charge in [0.25, 0.3) is 11.8 Å². The highest BCUT2D eigenvalue weighted by Gasteiger charge is 2.34. The summed E-state index contributed by atoms with van der Waals surface area (Å²) in [6.07, 6.45) is 0. The number of hydroxylamine groups is 3. The molecule has 0 N–H and O–H groups in total. The van der Waals surface area contributed by atoms with Gasteiger partial charge in [-0.15, -0.1) is 0 Å². The van der Waals surface area contributed by atoms with E-state index in [9.17, 15) is 14.8 Å². The van der Waals surface area contributed by atoms with Crippen molar-refractivity contribution in [2.45, 2.75) is 0 Å². The van der Waals surface area contributed by atoms with Crippen LogP contribution in [0.3, 0.4) is 0 Å². The van der Waals surface area contributed by atoms with Crippen LogP contribution < -0.4 is 0 Å². The fraction of sp³-hybridized carbons (Fsp3) is 0.200. The molecule has 0 aromatic heterocycles. The Morgan fingerprint density at radius 2 is 1.68 bits per heavy atom. The molecule has 1 heterocycles. The lowest BCUT2D eigenvalue weighted by Gasteiger charge is -2.36. The molecule has 0 fully saturated rings. The minimum atomic E-state index is -0.552. The zero-order chi connectivity index (χ0) is 17.8. The number of likely N-dealkylation sites (N-methyl/N-ethyl adjacent to an activating group) is 1. The number of carbonyl (C=O) groups excluding carboxylic acids is 2. The molecule has 0 saturated heterocycles. The molecular weight excluding hydrogens is 316 g/mol. The fourth-order valence-corrected chi connectivity index (χ4v) is 3.44. The molecule has 0 bridgehead atoms. The van der Waals surface area contributed by atoms with Gasteiger partial charge in [-0.1, -0.05) is 36.4 Å². The lowest BCUT2D eigenvalue weighted by atomic mass is 9.89. The fourth-order valence-electron chi connectivity index (χ4n) is 3.44. The molecule has 25 heavy (non-hydrogen) atoms. The minimum Gasteiger partial charge on any atom is -0.633 e. The van der Waals surface area contributed by atoms with Crippen LogP contribution in [0.25, 0.3) is 21.5 Å². The Labute approximate surface area is 145 Å². The highest BCUT2D eigenvalue weighted by molar-refractivity contribution is 6.30. The van der Waals surface area contributed by atoms with Crippen molar-refractivity contribution in [3.05, 3.63) is 64.9 Å². The van der Waals surface area contributed by atoms with Crippen LogP contribution in [0.4, 0.5) is 0 Å². The van der Waals surface area contributed by atoms with Gasteiger partial charge in [0.1, 0.15) is 0 Å². The highest BCUT2D eigenvalue weighted by atomic mass is 16.5. The number of quaternary nitrogens is 1. The second-order valence-electron chi connectivity index (χ2n) is 6.94. The standard InChI is InChI=1S/C20H18N2O3/c1-22(2,25)11-10-21-19(23)16-9-5-7-14-12-13-6-3-4-8-15(13)18(17(14)16)20(21)24/h3-9,12H,10-11H2,1-2H3. The molecule has 1 aliphatic heterocycles. The molecule has 0 saturated carbocycles. The van der Waals surface area contributed by atoms with Crippen LogP contribution in [0.15, 0.2) is 48.5 Å². The van der Waals surface area contributed by atoms with Gasteiger partial charge >= 0.3 is 0 Å². The number of fused-ring (bicyclic) bond motifs is 2. The number of amides is 2. The van der Waals surface area contributed by atoms with Crippen molar-refractivity contribution < 1.29 is 14.2 Å². The van der Waals surface area contributed by atoms with Gasteiger partial charge in [-0.05, 0) is 28.3 Å². The Kier molecular flexibility index (Phi) is 3.39. The van der Waals surface area contributed by atoms with Crippen LogP contribution in [0.1, 0.15) is 20.7 Å². The summed E-state index contributed by atoms with van der Waals surface area (Å²) < 4.78 is -0.552. The largest absolute Gasteiger partial charge is 0.633 e. The normalized spacial score (nSPS) is 14.6. The summed E-state index contributed by atoms with van der Waals surface area (Å²) in [5.41, 5.74) is 1.08. The van der Waals surface area contributed by atoms with Crippen LogP contribution in [-0.4, -0.2) is 48.5 Å². The third-order valence-electron chi connectivity index (χ3n) is 4.68. The minimum absolute atomic E-state index is 0.104. The Bertz CT molecular complexity index is 1030. The average Bonchev–Trinajstić information content (AvgIpc) is 2.57. The van der Waals surface area contributed by atoms with Crippen molar-refractivity contribution in [2.75, 3.05) is 27.2 Å². The number of carbonyl (C=O) groups is 2. The lowest BCUT2D eigenvalue weighted by molar-refractivity contribution is -0.839. The molecule has 4 rings (SSSR count). The Morgan fingerprint density at radius 3 is 2.44 bits per heavy atom. The summed E-state index contributed by atoms with van der Waals surface area (Å²) in [4.78, 5) is 27.2. The van der Waals surface area contributed by atoms with E-state index in [1.165, 1.54) is 19.0 Å². The molecule has 0 atom stereocenters.